The van der Waals surface area contributed by atoms with E-state index in [0.717, 1.165) is 0 Å². The molecule has 1 aromatic carbocycles. The van der Waals surface area contributed by atoms with Gasteiger partial charge in [0.05, 0.1) is 11.6 Å². The average molecular weight is 336 g/mol. The van der Waals surface area contributed by atoms with Crippen LogP contribution in [-0.4, -0.2) is 19.2 Å². The molecule has 0 heterocycles. The van der Waals surface area contributed by atoms with E-state index in [1.165, 1.54) is 7.11 Å². The highest BCUT2D eigenvalue weighted by molar-refractivity contribution is 9.10. The molecular weight excluding hydrogens is 319 g/mol. The van der Waals surface area contributed by atoms with E-state index in [1.54, 1.807) is 18.2 Å². The number of carbonyl (C=O) groups is 1. The second kappa shape index (κ2) is 7.00. The van der Waals surface area contributed by atoms with Crippen LogP contribution in [0, 0.1) is 5.92 Å². The molecule has 1 rings (SSSR count). The number of benzene rings is 1. The Morgan fingerprint density at radius 3 is 2.61 bits per heavy atom. The lowest BCUT2D eigenvalue weighted by atomic mass is 10.1. The molecule has 0 amide bonds. The molecule has 1 atom stereocenters. The molecule has 0 aliphatic rings. The predicted molar refractivity (Wildman–Crippen MR) is 75.0 cm³/mol. The van der Waals surface area contributed by atoms with E-state index in [0.29, 0.717) is 27.6 Å². The number of halogens is 2. The van der Waals surface area contributed by atoms with Crippen molar-refractivity contribution >= 4 is 33.5 Å². The molecule has 0 spiro atoms. The van der Waals surface area contributed by atoms with Crippen LogP contribution in [0.4, 0.5) is 0 Å². The zero-order valence-corrected chi connectivity index (χ0v) is 12.9. The maximum Gasteiger partial charge on any atom is 0.347 e. The third kappa shape index (κ3) is 4.50. The number of methoxy groups -OCH3 is 1. The second-order valence-electron chi connectivity index (χ2n) is 4.33. The summed E-state index contributed by atoms with van der Waals surface area (Å²) < 4.78 is 11.1. The fraction of sp³-hybridized carbons (Fsp3) is 0.462. The molecular formula is C13H16BrClO3. The Kier molecular flexibility index (Phi) is 5.96. The zero-order valence-electron chi connectivity index (χ0n) is 10.6. The van der Waals surface area contributed by atoms with E-state index < -0.39 is 6.10 Å². The Bertz CT molecular complexity index is 421. The van der Waals surface area contributed by atoms with E-state index >= 15 is 0 Å². The van der Waals surface area contributed by atoms with E-state index in [1.807, 2.05) is 13.8 Å². The third-order valence-electron chi connectivity index (χ3n) is 2.31. The van der Waals surface area contributed by atoms with E-state index in [-0.39, 0.29) is 5.97 Å². The maximum absolute atomic E-state index is 11.6. The number of esters is 1. The minimum absolute atomic E-state index is 0.333. The first-order chi connectivity index (χ1) is 8.43. The molecule has 100 valence electrons. The zero-order chi connectivity index (χ0) is 13.7. The normalized spacial score (nSPS) is 12.3. The highest BCUT2D eigenvalue weighted by atomic mass is 79.9. The average Bonchev–Trinajstić information content (AvgIpc) is 2.30. The van der Waals surface area contributed by atoms with E-state index in [4.69, 9.17) is 21.1 Å². The van der Waals surface area contributed by atoms with Crippen LogP contribution in [0.2, 0.25) is 5.02 Å². The molecule has 0 saturated carbocycles. The maximum atomic E-state index is 11.6. The molecule has 18 heavy (non-hydrogen) atoms. The summed E-state index contributed by atoms with van der Waals surface area (Å²) in [5.74, 6) is 0.543. The molecule has 0 fully saturated rings. The largest absolute Gasteiger partial charge is 0.478 e. The number of rotatable bonds is 5. The standard InChI is InChI=1S/C13H16BrClO3/c1-8(2)6-12(13(16)17-3)18-11-5-4-9(15)7-10(11)14/h4-5,7-8,12H,6H2,1-3H3/t12-/m0/s1. The molecule has 1 aromatic rings. The Morgan fingerprint density at radius 1 is 1.44 bits per heavy atom. The summed E-state index contributed by atoms with van der Waals surface area (Å²) in [5.41, 5.74) is 0. The molecule has 0 radical (unpaired) electrons. The van der Waals surface area contributed by atoms with Gasteiger partial charge in [-0.3, -0.25) is 0 Å². The number of ether oxygens (including phenoxy) is 2. The van der Waals surface area contributed by atoms with Crippen LogP contribution in [0.1, 0.15) is 20.3 Å². The van der Waals surface area contributed by atoms with Gasteiger partial charge in [0, 0.05) is 5.02 Å². The molecule has 0 bridgehead atoms. The number of hydrogen-bond acceptors (Lipinski definition) is 3. The van der Waals surface area contributed by atoms with Gasteiger partial charge in [0.2, 0.25) is 0 Å². The van der Waals surface area contributed by atoms with Crippen LogP contribution in [0.15, 0.2) is 22.7 Å². The summed E-state index contributed by atoms with van der Waals surface area (Å²) >= 11 is 9.20. The van der Waals surface area contributed by atoms with Gasteiger partial charge in [-0.1, -0.05) is 25.4 Å². The molecule has 0 aliphatic heterocycles. The van der Waals surface area contributed by atoms with Crippen LogP contribution in [0.25, 0.3) is 0 Å². The summed E-state index contributed by atoms with van der Waals surface area (Å²) in [7, 11) is 1.36. The van der Waals surface area contributed by atoms with Crippen molar-refractivity contribution in [3.05, 3.63) is 27.7 Å². The van der Waals surface area contributed by atoms with Crippen molar-refractivity contribution in [3.8, 4) is 5.75 Å². The minimum atomic E-state index is -0.604. The van der Waals surface area contributed by atoms with Gasteiger partial charge in [-0.25, -0.2) is 4.79 Å². The SMILES string of the molecule is COC(=O)[C@H](CC(C)C)Oc1ccc(Cl)cc1Br. The van der Waals surface area contributed by atoms with E-state index in [2.05, 4.69) is 15.9 Å². The highest BCUT2D eigenvalue weighted by Crippen LogP contribution is 2.29. The van der Waals surface area contributed by atoms with Gasteiger partial charge in [-0.05, 0) is 46.5 Å². The van der Waals surface area contributed by atoms with Crippen molar-refractivity contribution in [2.75, 3.05) is 7.11 Å². The summed E-state index contributed by atoms with van der Waals surface area (Å²) in [5, 5.41) is 0.604. The fourth-order valence-electron chi connectivity index (χ4n) is 1.48. The summed E-state index contributed by atoms with van der Waals surface area (Å²) in [6.45, 7) is 4.05. The lowest BCUT2D eigenvalue weighted by molar-refractivity contribution is -0.149. The van der Waals surface area contributed by atoms with Crippen LogP contribution in [0.3, 0.4) is 0 Å². The Balaban J connectivity index is 2.85. The number of carbonyl (C=O) groups excluding carboxylic acids is 1. The van der Waals surface area contributed by atoms with Crippen LogP contribution >= 0.6 is 27.5 Å². The quantitative estimate of drug-likeness (QED) is 0.761. The first kappa shape index (κ1) is 15.3. The van der Waals surface area contributed by atoms with Gasteiger partial charge in [0.1, 0.15) is 5.75 Å². The molecule has 3 nitrogen and oxygen atoms in total. The van der Waals surface area contributed by atoms with Crippen molar-refractivity contribution in [1.82, 2.24) is 0 Å². The summed E-state index contributed by atoms with van der Waals surface area (Å²) in [4.78, 5) is 11.6. The first-order valence-corrected chi connectivity index (χ1v) is 6.80. The lowest BCUT2D eigenvalue weighted by Crippen LogP contribution is -2.30. The molecule has 0 aromatic heterocycles. The van der Waals surface area contributed by atoms with Gasteiger partial charge in [-0.15, -0.1) is 0 Å². The lowest BCUT2D eigenvalue weighted by Gasteiger charge is -2.19. The second-order valence-corrected chi connectivity index (χ2v) is 5.62. The van der Waals surface area contributed by atoms with Crippen LogP contribution in [0.5, 0.6) is 5.75 Å². The minimum Gasteiger partial charge on any atom is -0.478 e. The Morgan fingerprint density at radius 2 is 2.11 bits per heavy atom. The van der Waals surface area contributed by atoms with Gasteiger partial charge < -0.3 is 9.47 Å². The van der Waals surface area contributed by atoms with Gasteiger partial charge in [0.15, 0.2) is 6.10 Å². The molecule has 0 N–H and O–H groups in total. The predicted octanol–water partition coefficient (Wildman–Crippen LogP) is 4.07. The van der Waals surface area contributed by atoms with Gasteiger partial charge in [0.25, 0.3) is 0 Å². The van der Waals surface area contributed by atoms with Crippen LogP contribution in [-0.2, 0) is 9.53 Å². The van der Waals surface area contributed by atoms with Gasteiger partial charge >= 0.3 is 5.97 Å². The Labute approximate surface area is 121 Å². The van der Waals surface area contributed by atoms with Crippen molar-refractivity contribution in [2.24, 2.45) is 5.92 Å². The fourth-order valence-corrected chi connectivity index (χ4v) is 2.25. The first-order valence-electron chi connectivity index (χ1n) is 5.63. The topological polar surface area (TPSA) is 35.5 Å². The van der Waals surface area contributed by atoms with Crippen molar-refractivity contribution in [1.29, 1.82) is 0 Å². The van der Waals surface area contributed by atoms with Crippen molar-refractivity contribution in [2.45, 2.75) is 26.4 Å². The number of hydrogen-bond donors (Lipinski definition) is 0. The summed E-state index contributed by atoms with van der Waals surface area (Å²) in [6.07, 6.45) is -0.00524. The van der Waals surface area contributed by atoms with Crippen molar-refractivity contribution < 1.29 is 14.3 Å². The molecule has 0 saturated heterocycles. The summed E-state index contributed by atoms with van der Waals surface area (Å²) in [6, 6.07) is 5.16. The van der Waals surface area contributed by atoms with Crippen molar-refractivity contribution in [3.63, 3.8) is 0 Å². The molecule has 0 aliphatic carbocycles. The monoisotopic (exact) mass is 334 g/mol. The van der Waals surface area contributed by atoms with Gasteiger partial charge in [-0.2, -0.15) is 0 Å². The molecule has 5 heteroatoms. The van der Waals surface area contributed by atoms with E-state index in [9.17, 15) is 4.79 Å². The Hall–Kier alpha value is -0.740. The molecule has 0 unspecified atom stereocenters. The smallest absolute Gasteiger partial charge is 0.347 e. The third-order valence-corrected chi connectivity index (χ3v) is 3.17. The van der Waals surface area contributed by atoms with Crippen LogP contribution < -0.4 is 4.74 Å². The highest BCUT2D eigenvalue weighted by Gasteiger charge is 2.23.